The summed E-state index contributed by atoms with van der Waals surface area (Å²) in [5.41, 5.74) is 6.07. The third-order valence-electron chi connectivity index (χ3n) is 3.61. The quantitative estimate of drug-likeness (QED) is 0.818. The number of aliphatic hydroxyl groups is 1. The summed E-state index contributed by atoms with van der Waals surface area (Å²) in [6, 6.07) is 3.73. The molecular formula is C13H21N3O. The molecule has 3 N–H and O–H groups in total. The van der Waals surface area contributed by atoms with Crippen LogP contribution in [0.4, 0.5) is 11.5 Å². The molecule has 0 bridgehead atoms. The standard InChI is InChI=1S/C13H21N3O/c1-13(2,17)10-5-8-16(9-6-10)12-11(14)4-3-7-15-12/h3-4,7,10,17H,5-6,8-9,14H2,1-2H3. The highest BCUT2D eigenvalue weighted by atomic mass is 16.3. The van der Waals surface area contributed by atoms with E-state index in [1.165, 1.54) is 0 Å². The Morgan fingerprint density at radius 3 is 2.59 bits per heavy atom. The van der Waals surface area contributed by atoms with E-state index in [1.54, 1.807) is 6.20 Å². The van der Waals surface area contributed by atoms with Crippen molar-refractivity contribution in [1.82, 2.24) is 4.98 Å². The second-order valence-corrected chi connectivity index (χ2v) is 5.33. The van der Waals surface area contributed by atoms with Crippen molar-refractivity contribution < 1.29 is 5.11 Å². The van der Waals surface area contributed by atoms with E-state index in [-0.39, 0.29) is 0 Å². The van der Waals surface area contributed by atoms with Gasteiger partial charge in [0.25, 0.3) is 0 Å². The van der Waals surface area contributed by atoms with Gasteiger partial charge in [0.15, 0.2) is 5.82 Å². The van der Waals surface area contributed by atoms with Crippen LogP contribution in [0.25, 0.3) is 0 Å². The minimum atomic E-state index is -0.582. The topological polar surface area (TPSA) is 62.4 Å². The van der Waals surface area contributed by atoms with Crippen molar-refractivity contribution >= 4 is 11.5 Å². The number of hydrogen-bond donors (Lipinski definition) is 2. The molecule has 0 aromatic carbocycles. The fourth-order valence-electron chi connectivity index (χ4n) is 2.47. The molecule has 0 atom stereocenters. The summed E-state index contributed by atoms with van der Waals surface area (Å²) in [5.74, 6) is 1.24. The van der Waals surface area contributed by atoms with Crippen LogP contribution in [-0.4, -0.2) is 28.8 Å². The molecule has 1 aromatic heterocycles. The van der Waals surface area contributed by atoms with Crippen LogP contribution in [0.5, 0.6) is 0 Å². The Morgan fingerprint density at radius 2 is 2.06 bits per heavy atom. The van der Waals surface area contributed by atoms with Crippen LogP contribution < -0.4 is 10.6 Å². The maximum absolute atomic E-state index is 9.99. The fourth-order valence-corrected chi connectivity index (χ4v) is 2.47. The molecule has 1 aliphatic heterocycles. The molecule has 1 fully saturated rings. The largest absolute Gasteiger partial charge is 0.396 e. The summed E-state index contributed by atoms with van der Waals surface area (Å²) in [6.07, 6.45) is 3.74. The van der Waals surface area contributed by atoms with Gasteiger partial charge in [0, 0.05) is 19.3 Å². The van der Waals surface area contributed by atoms with E-state index in [9.17, 15) is 5.11 Å². The number of anilines is 2. The molecular weight excluding hydrogens is 214 g/mol. The Bertz CT molecular complexity index is 378. The Balaban J connectivity index is 2.03. The van der Waals surface area contributed by atoms with Gasteiger partial charge in [0.1, 0.15) is 0 Å². The second kappa shape index (κ2) is 4.53. The first-order chi connectivity index (χ1) is 7.98. The number of piperidine rings is 1. The number of aromatic nitrogens is 1. The second-order valence-electron chi connectivity index (χ2n) is 5.33. The molecule has 0 unspecified atom stereocenters. The smallest absolute Gasteiger partial charge is 0.151 e. The first kappa shape index (κ1) is 12.2. The lowest BCUT2D eigenvalue weighted by Gasteiger charge is -2.38. The summed E-state index contributed by atoms with van der Waals surface area (Å²) < 4.78 is 0. The average molecular weight is 235 g/mol. The van der Waals surface area contributed by atoms with Crippen molar-refractivity contribution in [2.75, 3.05) is 23.7 Å². The highest BCUT2D eigenvalue weighted by molar-refractivity contribution is 5.62. The SMILES string of the molecule is CC(C)(O)C1CCN(c2ncccc2N)CC1. The highest BCUT2D eigenvalue weighted by Crippen LogP contribution is 2.31. The summed E-state index contributed by atoms with van der Waals surface area (Å²) in [4.78, 5) is 6.53. The van der Waals surface area contributed by atoms with Crippen LogP contribution in [0.1, 0.15) is 26.7 Å². The minimum absolute atomic E-state index is 0.365. The van der Waals surface area contributed by atoms with E-state index in [1.807, 2.05) is 26.0 Å². The van der Waals surface area contributed by atoms with Gasteiger partial charge in [0.2, 0.25) is 0 Å². The molecule has 0 aliphatic carbocycles. The summed E-state index contributed by atoms with van der Waals surface area (Å²) in [5, 5.41) is 9.99. The van der Waals surface area contributed by atoms with Crippen LogP contribution >= 0.6 is 0 Å². The predicted molar refractivity (Wildman–Crippen MR) is 69.9 cm³/mol. The van der Waals surface area contributed by atoms with E-state index >= 15 is 0 Å². The van der Waals surface area contributed by atoms with Crippen molar-refractivity contribution in [2.45, 2.75) is 32.3 Å². The van der Waals surface area contributed by atoms with E-state index < -0.39 is 5.60 Å². The lowest BCUT2D eigenvalue weighted by molar-refractivity contribution is 0.00647. The zero-order chi connectivity index (χ0) is 12.5. The van der Waals surface area contributed by atoms with Crippen LogP contribution in [0.2, 0.25) is 0 Å². The van der Waals surface area contributed by atoms with Crippen molar-refractivity contribution in [3.63, 3.8) is 0 Å². The Morgan fingerprint density at radius 1 is 1.41 bits per heavy atom. The number of nitrogen functional groups attached to an aromatic ring is 1. The van der Waals surface area contributed by atoms with Gasteiger partial charge < -0.3 is 15.7 Å². The maximum atomic E-state index is 9.99. The van der Waals surface area contributed by atoms with Crippen molar-refractivity contribution in [1.29, 1.82) is 0 Å². The number of rotatable bonds is 2. The predicted octanol–water partition coefficient (Wildman–Crippen LogP) is 1.65. The normalized spacial score (nSPS) is 18.4. The molecule has 4 nitrogen and oxygen atoms in total. The third-order valence-corrected chi connectivity index (χ3v) is 3.61. The van der Waals surface area contributed by atoms with Gasteiger partial charge in [-0.2, -0.15) is 0 Å². The Labute approximate surface area is 102 Å². The highest BCUT2D eigenvalue weighted by Gasteiger charge is 2.31. The monoisotopic (exact) mass is 235 g/mol. The fraction of sp³-hybridized carbons (Fsp3) is 0.615. The van der Waals surface area contributed by atoms with E-state index in [4.69, 9.17) is 5.73 Å². The molecule has 1 aliphatic rings. The molecule has 0 radical (unpaired) electrons. The van der Waals surface area contributed by atoms with Gasteiger partial charge >= 0.3 is 0 Å². The summed E-state index contributed by atoms with van der Waals surface area (Å²) in [7, 11) is 0. The van der Waals surface area contributed by atoms with Gasteiger partial charge in [-0.05, 0) is 44.7 Å². The summed E-state index contributed by atoms with van der Waals surface area (Å²) >= 11 is 0. The molecule has 0 saturated carbocycles. The maximum Gasteiger partial charge on any atom is 0.151 e. The molecule has 0 amide bonds. The van der Waals surface area contributed by atoms with E-state index in [0.29, 0.717) is 5.92 Å². The van der Waals surface area contributed by atoms with E-state index in [2.05, 4.69) is 9.88 Å². The van der Waals surface area contributed by atoms with Crippen molar-refractivity contribution in [3.05, 3.63) is 18.3 Å². The summed E-state index contributed by atoms with van der Waals surface area (Å²) in [6.45, 7) is 5.61. The average Bonchev–Trinajstić information content (AvgIpc) is 2.29. The minimum Gasteiger partial charge on any atom is -0.396 e. The Hall–Kier alpha value is -1.29. The van der Waals surface area contributed by atoms with Gasteiger partial charge in [-0.1, -0.05) is 0 Å². The van der Waals surface area contributed by atoms with Crippen molar-refractivity contribution in [3.8, 4) is 0 Å². The van der Waals surface area contributed by atoms with Gasteiger partial charge in [-0.25, -0.2) is 4.98 Å². The molecule has 4 heteroatoms. The lowest BCUT2D eigenvalue weighted by Crippen LogP contribution is -2.42. The van der Waals surface area contributed by atoms with Gasteiger partial charge in [0.05, 0.1) is 11.3 Å². The number of hydrogen-bond acceptors (Lipinski definition) is 4. The van der Waals surface area contributed by atoms with Crippen LogP contribution in [0.3, 0.4) is 0 Å². The number of nitrogens with two attached hydrogens (primary N) is 1. The lowest BCUT2D eigenvalue weighted by atomic mass is 9.83. The molecule has 2 heterocycles. The third kappa shape index (κ3) is 2.69. The van der Waals surface area contributed by atoms with Crippen LogP contribution in [0.15, 0.2) is 18.3 Å². The molecule has 2 rings (SSSR count). The first-order valence-electron chi connectivity index (χ1n) is 6.16. The van der Waals surface area contributed by atoms with Crippen molar-refractivity contribution in [2.24, 2.45) is 5.92 Å². The van der Waals surface area contributed by atoms with Gasteiger partial charge in [-0.15, -0.1) is 0 Å². The molecule has 94 valence electrons. The number of pyridine rings is 1. The zero-order valence-electron chi connectivity index (χ0n) is 10.6. The van der Waals surface area contributed by atoms with Gasteiger partial charge in [-0.3, -0.25) is 0 Å². The van der Waals surface area contributed by atoms with Crippen LogP contribution in [-0.2, 0) is 0 Å². The van der Waals surface area contributed by atoms with Crippen LogP contribution in [0, 0.1) is 5.92 Å². The molecule has 0 spiro atoms. The molecule has 17 heavy (non-hydrogen) atoms. The first-order valence-corrected chi connectivity index (χ1v) is 6.16. The Kier molecular flexibility index (Phi) is 3.24. The number of nitrogens with zero attached hydrogens (tertiary/aromatic N) is 2. The zero-order valence-corrected chi connectivity index (χ0v) is 10.6. The molecule has 1 aromatic rings. The molecule has 1 saturated heterocycles. The van der Waals surface area contributed by atoms with E-state index in [0.717, 1.165) is 37.4 Å².